The summed E-state index contributed by atoms with van der Waals surface area (Å²) in [4.78, 5) is 54.2. The van der Waals surface area contributed by atoms with E-state index in [0.717, 1.165) is 7.11 Å². The lowest BCUT2D eigenvalue weighted by molar-refractivity contribution is -0.296. The molecule has 6 rings (SSSR count). The number of aliphatic hydroxyl groups excluding tert-OH is 6. The molecule has 3 aliphatic heterocycles. The van der Waals surface area contributed by atoms with Gasteiger partial charge in [-0.15, -0.1) is 0 Å². The number of esters is 3. The Hall–Kier alpha value is -2.74. The fourth-order valence-electron chi connectivity index (χ4n) is 9.82. The molecule has 3 aliphatic carbocycles. The molecule has 2 bridgehead atoms. The van der Waals surface area contributed by atoms with Crippen LogP contribution >= 0.6 is 0 Å². The quantitative estimate of drug-likeness (QED) is 0.103. The van der Waals surface area contributed by atoms with Crippen LogP contribution < -0.4 is 0 Å². The Balaban J connectivity index is 1.43. The number of carbonyl (C=O) groups is 4. The third kappa shape index (κ3) is 4.99. The summed E-state index contributed by atoms with van der Waals surface area (Å²) in [7, 11) is 1.04. The number of fused-ring (bicyclic) bond motifs is 2. The summed E-state index contributed by atoms with van der Waals surface area (Å²) in [5.74, 6) is -7.25. The van der Waals surface area contributed by atoms with Crippen LogP contribution in [0.25, 0.3) is 0 Å². The average Bonchev–Trinajstić information content (AvgIpc) is 3.32. The highest BCUT2D eigenvalue weighted by Gasteiger charge is 2.85. The fraction of sp³-hybridized carbons (Fsp3) is 0.812. The lowest BCUT2D eigenvalue weighted by Gasteiger charge is -2.67. The van der Waals surface area contributed by atoms with Gasteiger partial charge in [0, 0.05) is 17.8 Å². The molecule has 0 radical (unpaired) electrons. The number of allylic oxidation sites excluding steroid dienone is 2. The summed E-state index contributed by atoms with van der Waals surface area (Å²) < 4.78 is 34.0. The first-order valence-corrected chi connectivity index (χ1v) is 16.2. The van der Waals surface area contributed by atoms with Gasteiger partial charge in [-0.05, 0) is 44.1 Å². The number of hydrogen-bond acceptors (Lipinski definition) is 17. The third-order valence-corrected chi connectivity index (χ3v) is 11.7. The first-order valence-electron chi connectivity index (χ1n) is 16.2. The molecule has 274 valence electrons. The molecule has 1 spiro atoms. The van der Waals surface area contributed by atoms with Crippen molar-refractivity contribution in [2.75, 3.05) is 20.3 Å². The molecule has 3 saturated heterocycles. The maximum atomic E-state index is 14.0. The molecule has 17 heteroatoms. The van der Waals surface area contributed by atoms with Gasteiger partial charge < -0.3 is 64.2 Å². The topological polar surface area (TPSA) is 265 Å². The van der Waals surface area contributed by atoms with E-state index >= 15 is 0 Å². The number of ether oxygens (including phenoxy) is 6. The lowest BCUT2D eigenvalue weighted by atomic mass is 9.38. The maximum absolute atomic E-state index is 14.0. The van der Waals surface area contributed by atoms with Crippen LogP contribution in [-0.4, -0.2) is 146 Å². The maximum Gasteiger partial charge on any atom is 0.348 e. The smallest absolute Gasteiger partial charge is 0.348 e. The van der Waals surface area contributed by atoms with Crippen molar-refractivity contribution in [1.29, 1.82) is 0 Å². The molecule has 6 aliphatic rings. The van der Waals surface area contributed by atoms with Crippen LogP contribution in [0.5, 0.6) is 0 Å². The van der Waals surface area contributed by atoms with Crippen molar-refractivity contribution in [2.24, 2.45) is 28.6 Å². The van der Waals surface area contributed by atoms with E-state index in [2.05, 4.69) is 0 Å². The summed E-state index contributed by atoms with van der Waals surface area (Å²) >= 11 is 0. The van der Waals surface area contributed by atoms with Gasteiger partial charge in [-0.3, -0.25) is 9.59 Å². The van der Waals surface area contributed by atoms with Crippen molar-refractivity contribution < 1.29 is 83.3 Å². The van der Waals surface area contributed by atoms with Gasteiger partial charge >= 0.3 is 17.9 Å². The summed E-state index contributed by atoms with van der Waals surface area (Å²) in [5.41, 5.74) is -6.29. The van der Waals surface area contributed by atoms with E-state index in [4.69, 9.17) is 28.4 Å². The molecule has 0 aromatic carbocycles. The average molecular weight is 701 g/mol. The minimum atomic E-state index is -2.37. The molecule has 0 aromatic rings. The number of ketones is 1. The molecule has 17 nitrogen and oxygen atoms in total. The number of aliphatic hydroxyl groups is 7. The number of Topliss-reactive ketones (excluding diaryl/α,β-unsaturated/α-hetero) is 1. The van der Waals surface area contributed by atoms with Crippen molar-refractivity contribution in [3.05, 3.63) is 11.3 Å². The van der Waals surface area contributed by atoms with Crippen LogP contribution in [0.4, 0.5) is 0 Å². The first kappa shape index (κ1) is 36.1. The molecule has 15 atom stereocenters. The van der Waals surface area contributed by atoms with Crippen LogP contribution in [0.2, 0.25) is 0 Å². The molecule has 0 unspecified atom stereocenters. The van der Waals surface area contributed by atoms with Gasteiger partial charge in [-0.2, -0.15) is 0 Å². The van der Waals surface area contributed by atoms with Gasteiger partial charge in [-0.25, -0.2) is 9.59 Å². The molecular formula is C32H44O17. The van der Waals surface area contributed by atoms with E-state index < -0.39 is 132 Å². The van der Waals surface area contributed by atoms with E-state index in [1.54, 1.807) is 13.8 Å². The van der Waals surface area contributed by atoms with Gasteiger partial charge in [-0.1, -0.05) is 6.92 Å². The van der Waals surface area contributed by atoms with Gasteiger partial charge in [0.05, 0.1) is 44.4 Å². The van der Waals surface area contributed by atoms with E-state index in [0.29, 0.717) is 5.57 Å². The highest BCUT2D eigenvalue weighted by Crippen LogP contribution is 2.73. The summed E-state index contributed by atoms with van der Waals surface area (Å²) in [6.45, 7) is 4.91. The van der Waals surface area contributed by atoms with E-state index in [1.165, 1.54) is 13.8 Å². The first-order chi connectivity index (χ1) is 22.8. The second kappa shape index (κ2) is 11.9. The predicted molar refractivity (Wildman–Crippen MR) is 156 cm³/mol. The van der Waals surface area contributed by atoms with E-state index in [-0.39, 0.29) is 25.2 Å². The third-order valence-electron chi connectivity index (χ3n) is 11.7. The van der Waals surface area contributed by atoms with E-state index in [1.807, 2.05) is 0 Å². The highest BCUT2D eigenvalue weighted by atomic mass is 16.7. The molecule has 49 heavy (non-hydrogen) atoms. The van der Waals surface area contributed by atoms with Gasteiger partial charge in [0.15, 0.2) is 11.5 Å². The Morgan fingerprint density at radius 2 is 1.69 bits per heavy atom. The highest BCUT2D eigenvalue weighted by molar-refractivity contribution is 5.96. The van der Waals surface area contributed by atoms with E-state index in [9.17, 15) is 54.9 Å². The zero-order valence-electron chi connectivity index (χ0n) is 27.7. The normalized spacial score (nSPS) is 47.5. The summed E-state index contributed by atoms with van der Waals surface area (Å²) in [6.07, 6.45) is -15.7. The molecular weight excluding hydrogens is 656 g/mol. The van der Waals surface area contributed by atoms with Crippen LogP contribution in [0.1, 0.15) is 47.0 Å². The molecule has 2 saturated carbocycles. The zero-order chi connectivity index (χ0) is 36.2. The van der Waals surface area contributed by atoms with Crippen LogP contribution in [0.3, 0.4) is 0 Å². The van der Waals surface area contributed by atoms with Crippen molar-refractivity contribution in [2.45, 2.75) is 113 Å². The van der Waals surface area contributed by atoms with Crippen LogP contribution in [0.15, 0.2) is 11.3 Å². The van der Waals surface area contributed by atoms with Gasteiger partial charge in [0.1, 0.15) is 36.6 Å². The SMILES string of the molecule is COC(=O)[C@@]12OC[C@]34[C@H]([C@@H](O)[C@@H]1O)[C@@]1(C)CC(=O)C(O[C@@H]5O[C@H](CO)[C@@H](O)[C@H](O)[C@H]5O)=C(C)[C@@H]1C[C@H]3OC(=O)[C@H](OC(=O)CC(C)(C)O)[C@@H]24. The number of carbonyl (C=O) groups excluding carboxylic acids is 4. The van der Waals surface area contributed by atoms with Crippen LogP contribution in [-0.2, 0) is 47.6 Å². The molecule has 3 heterocycles. The minimum Gasteiger partial charge on any atom is -0.467 e. The van der Waals surface area contributed by atoms with Crippen molar-refractivity contribution in [1.82, 2.24) is 0 Å². The summed E-state index contributed by atoms with van der Waals surface area (Å²) in [6, 6.07) is 0. The largest absolute Gasteiger partial charge is 0.467 e. The number of hydrogen-bond donors (Lipinski definition) is 7. The second-order valence-electron chi connectivity index (χ2n) is 15.1. The van der Waals surface area contributed by atoms with Gasteiger partial charge in [0.2, 0.25) is 18.0 Å². The second-order valence-corrected chi connectivity index (χ2v) is 15.1. The minimum absolute atomic E-state index is 0.00363. The van der Waals surface area contributed by atoms with Crippen molar-refractivity contribution in [3.8, 4) is 0 Å². The fourth-order valence-corrected chi connectivity index (χ4v) is 9.82. The molecule has 0 aromatic heterocycles. The number of methoxy groups -OCH3 is 1. The van der Waals surface area contributed by atoms with Crippen molar-refractivity contribution in [3.63, 3.8) is 0 Å². The number of rotatable bonds is 7. The zero-order valence-corrected chi connectivity index (χ0v) is 27.7. The predicted octanol–water partition coefficient (Wildman–Crippen LogP) is -3.03. The van der Waals surface area contributed by atoms with Gasteiger partial charge in [0.25, 0.3) is 0 Å². The molecule has 5 fully saturated rings. The molecule has 0 amide bonds. The van der Waals surface area contributed by atoms with Crippen LogP contribution in [0, 0.1) is 28.6 Å². The summed E-state index contributed by atoms with van der Waals surface area (Å²) in [5, 5.41) is 74.6. The lowest BCUT2D eigenvalue weighted by Crippen LogP contribution is -2.79. The Morgan fingerprint density at radius 1 is 1.02 bits per heavy atom. The Kier molecular flexibility index (Phi) is 8.77. The Labute approximate surface area is 280 Å². The standard InChI is InChI=1S/C32H44O17/c1-11-12-6-15-31-10-45-32(28(42)44-5,24(31)22(26(41)47-15)48-16(35)8-29(2,3)43)25(40)20(39)23(31)30(12,4)7-13(34)21(11)49-27-19(38)18(37)17(36)14(9-33)46-27/h12,14-15,17-20,22-25,27,33,36-40,43H,6-10H2,1-5H3/t12-,14+,15+,17+,18-,19+,20+,22+,23+,24+,25-,27-,30-,31+,32-/m0/s1. The van der Waals surface area contributed by atoms with Crippen molar-refractivity contribution >= 4 is 23.7 Å². The Bertz CT molecular complexity index is 1440. The monoisotopic (exact) mass is 700 g/mol. The molecule has 7 N–H and O–H groups in total. The Morgan fingerprint density at radius 3 is 2.31 bits per heavy atom.